The summed E-state index contributed by atoms with van der Waals surface area (Å²) in [6.45, 7) is 1.94. The van der Waals surface area contributed by atoms with Crippen molar-refractivity contribution in [1.29, 1.82) is 0 Å². The number of aliphatic hydroxyl groups is 2. The number of rotatable bonds is 12. The van der Waals surface area contributed by atoms with E-state index >= 15 is 0 Å². The number of aliphatic hydroxyl groups excluding tert-OH is 2. The summed E-state index contributed by atoms with van der Waals surface area (Å²) >= 11 is 0. The fourth-order valence-electron chi connectivity index (χ4n) is 5.87. The lowest BCUT2D eigenvalue weighted by Gasteiger charge is -2.35. The number of hydrogen-bond donors (Lipinski definition) is 5. The highest BCUT2D eigenvalue weighted by atomic mass is 16.7. The third-order valence-corrected chi connectivity index (χ3v) is 8.33. The van der Waals surface area contributed by atoms with Crippen LogP contribution in [-0.2, 0) is 28.5 Å². The Morgan fingerprint density at radius 1 is 1.02 bits per heavy atom. The van der Waals surface area contributed by atoms with Crippen LogP contribution in [-0.4, -0.2) is 82.0 Å². The average Bonchev–Trinajstić information content (AvgIpc) is 3.39. The number of ether oxygens (including phenoxy) is 4. The minimum absolute atomic E-state index is 0.0263. The van der Waals surface area contributed by atoms with Gasteiger partial charge in [-0.25, -0.2) is 4.79 Å². The summed E-state index contributed by atoms with van der Waals surface area (Å²) in [4.78, 5) is 51.9. The van der Waals surface area contributed by atoms with Gasteiger partial charge in [-0.2, -0.15) is 0 Å². The summed E-state index contributed by atoms with van der Waals surface area (Å²) in [5.41, 5.74) is 6.34. The molecule has 2 aliphatic rings. The molecule has 0 saturated carbocycles. The standard InChI is InChI=1S/C33H38N4O10/c1-18-17-22(30(42)35-15-13-21(19-9-5-3-6-10-19)20-11-7-4-8-12-20)45-32(24(18)39)47-28(29(34)41)27-26(44-2)25(40)31(46-27)37-16-14-23(38)36-33(37)43/h3-12,14,16-18,21,24-28,31-32,39-40H,13,15H2,1-2H3,(H2,34,41)(H,35,42)(H,36,38,43)/t18-,24-,25+,26-,27-,28+,31+,32+/m0/s1. The third kappa shape index (κ3) is 7.53. The fourth-order valence-corrected chi connectivity index (χ4v) is 5.87. The number of aromatic amines is 1. The summed E-state index contributed by atoms with van der Waals surface area (Å²) in [6, 6.07) is 21.0. The van der Waals surface area contributed by atoms with Crippen LogP contribution in [0.25, 0.3) is 0 Å². The van der Waals surface area contributed by atoms with Crippen molar-refractivity contribution >= 4 is 11.8 Å². The lowest BCUT2D eigenvalue weighted by atomic mass is 9.88. The van der Waals surface area contributed by atoms with Crippen LogP contribution in [0.5, 0.6) is 0 Å². The number of carbonyl (C=O) groups excluding carboxylic acids is 2. The van der Waals surface area contributed by atoms with Crippen molar-refractivity contribution in [1.82, 2.24) is 14.9 Å². The van der Waals surface area contributed by atoms with E-state index in [1.54, 1.807) is 6.92 Å². The van der Waals surface area contributed by atoms with Gasteiger partial charge >= 0.3 is 5.69 Å². The average molecular weight is 651 g/mol. The number of nitrogens with two attached hydrogens (primary N) is 1. The van der Waals surface area contributed by atoms with Gasteiger partial charge in [0.05, 0.1) is 0 Å². The van der Waals surface area contributed by atoms with E-state index in [-0.39, 0.29) is 11.7 Å². The molecule has 0 aliphatic carbocycles. The Bertz CT molecular complexity index is 1640. The van der Waals surface area contributed by atoms with Gasteiger partial charge in [0.25, 0.3) is 11.5 Å². The zero-order chi connectivity index (χ0) is 33.7. The maximum absolute atomic E-state index is 13.3. The van der Waals surface area contributed by atoms with Gasteiger partial charge in [-0.3, -0.25) is 23.9 Å². The first-order chi connectivity index (χ1) is 22.6. The second-order valence-electron chi connectivity index (χ2n) is 11.4. The van der Waals surface area contributed by atoms with E-state index in [9.17, 15) is 29.4 Å². The number of H-pyrrole nitrogens is 1. The zero-order valence-corrected chi connectivity index (χ0v) is 25.8. The van der Waals surface area contributed by atoms with Gasteiger partial charge in [0.2, 0.25) is 12.2 Å². The highest BCUT2D eigenvalue weighted by Crippen LogP contribution is 2.35. The first kappa shape index (κ1) is 33.8. The third-order valence-electron chi connectivity index (χ3n) is 8.33. The molecule has 1 fully saturated rings. The molecule has 8 atom stereocenters. The molecule has 14 heteroatoms. The molecule has 0 bridgehead atoms. The van der Waals surface area contributed by atoms with E-state index < -0.39 is 72.0 Å². The van der Waals surface area contributed by atoms with Crippen molar-refractivity contribution in [3.05, 3.63) is 117 Å². The van der Waals surface area contributed by atoms with Gasteiger partial charge in [-0.05, 0) is 23.6 Å². The minimum Gasteiger partial charge on any atom is -0.457 e. The molecule has 0 spiro atoms. The largest absolute Gasteiger partial charge is 0.457 e. The molecule has 6 N–H and O–H groups in total. The number of benzene rings is 2. The van der Waals surface area contributed by atoms with Crippen LogP contribution in [0.4, 0.5) is 0 Å². The zero-order valence-electron chi connectivity index (χ0n) is 25.8. The quantitative estimate of drug-likeness (QED) is 0.181. The van der Waals surface area contributed by atoms with Crippen molar-refractivity contribution in [2.75, 3.05) is 13.7 Å². The summed E-state index contributed by atoms with van der Waals surface area (Å²) in [5, 5.41) is 24.7. The Labute approximate surface area is 269 Å². The highest BCUT2D eigenvalue weighted by molar-refractivity contribution is 5.91. The lowest BCUT2D eigenvalue weighted by Crippen LogP contribution is -2.53. The number of hydrogen-bond acceptors (Lipinski definition) is 10. The molecule has 2 amide bonds. The van der Waals surface area contributed by atoms with E-state index in [4.69, 9.17) is 24.7 Å². The summed E-state index contributed by atoms with van der Waals surface area (Å²) < 4.78 is 23.7. The Kier molecular flexibility index (Phi) is 10.7. The Morgan fingerprint density at radius 2 is 1.66 bits per heavy atom. The Balaban J connectivity index is 1.27. The molecule has 0 unspecified atom stereocenters. The van der Waals surface area contributed by atoms with Crippen LogP contribution in [0.2, 0.25) is 0 Å². The SMILES string of the molecule is CO[C@H]1[C@@H](O)[C@H](n2ccc(=O)[nH]c2=O)O[C@@H]1[C@@H](O[C@H]1OC(C(=O)NCCC(c2ccccc2)c2ccccc2)=C[C@H](C)[C@@H]1O)C(N)=O. The fraction of sp³-hybridized carbons (Fsp3) is 0.394. The van der Waals surface area contributed by atoms with Gasteiger partial charge in [0.1, 0.15) is 24.4 Å². The minimum atomic E-state index is -1.66. The normalized spacial score (nSPS) is 26.3. The summed E-state index contributed by atoms with van der Waals surface area (Å²) in [6.07, 6.45) is -6.83. The van der Waals surface area contributed by atoms with E-state index in [1.807, 2.05) is 60.7 Å². The molecular formula is C33H38N4O10. The van der Waals surface area contributed by atoms with Gasteiger partial charge in [0, 0.05) is 37.8 Å². The monoisotopic (exact) mass is 650 g/mol. The molecule has 3 heterocycles. The van der Waals surface area contributed by atoms with Crippen LogP contribution in [0, 0.1) is 5.92 Å². The van der Waals surface area contributed by atoms with Crippen LogP contribution in [0.15, 0.2) is 94.4 Å². The predicted octanol–water partition coefficient (Wildman–Crippen LogP) is 0.256. The van der Waals surface area contributed by atoms with Gasteiger partial charge in [0.15, 0.2) is 18.1 Å². The van der Waals surface area contributed by atoms with Crippen LogP contribution in [0.1, 0.15) is 36.6 Å². The van der Waals surface area contributed by atoms with Crippen LogP contribution < -0.4 is 22.3 Å². The predicted molar refractivity (Wildman–Crippen MR) is 167 cm³/mol. The number of aromatic nitrogens is 2. The maximum Gasteiger partial charge on any atom is 0.330 e. The molecule has 0 radical (unpaired) electrons. The van der Waals surface area contributed by atoms with Crippen LogP contribution in [0.3, 0.4) is 0 Å². The number of amides is 2. The molecule has 250 valence electrons. The first-order valence-electron chi connectivity index (χ1n) is 15.2. The van der Waals surface area contributed by atoms with Crippen molar-refractivity contribution in [2.45, 2.75) is 62.3 Å². The molecule has 1 aromatic heterocycles. The van der Waals surface area contributed by atoms with Crippen molar-refractivity contribution < 1.29 is 38.7 Å². The Morgan fingerprint density at radius 3 is 2.23 bits per heavy atom. The van der Waals surface area contributed by atoms with Crippen molar-refractivity contribution in [2.24, 2.45) is 11.7 Å². The summed E-state index contributed by atoms with van der Waals surface area (Å²) in [7, 11) is 1.25. The topological polar surface area (TPSA) is 204 Å². The Hall–Kier alpha value is -4.60. The number of methoxy groups -OCH3 is 1. The van der Waals surface area contributed by atoms with E-state index in [2.05, 4.69) is 10.3 Å². The first-order valence-corrected chi connectivity index (χ1v) is 15.2. The molecule has 3 aromatic rings. The summed E-state index contributed by atoms with van der Waals surface area (Å²) in [5.74, 6) is -2.33. The van der Waals surface area contributed by atoms with E-state index in [0.717, 1.165) is 28.0 Å². The van der Waals surface area contributed by atoms with Crippen LogP contribution >= 0.6 is 0 Å². The number of nitrogens with one attached hydrogen (secondary N) is 2. The maximum atomic E-state index is 13.3. The lowest BCUT2D eigenvalue weighted by molar-refractivity contribution is -0.235. The van der Waals surface area contributed by atoms with Gasteiger partial charge in [-0.1, -0.05) is 67.6 Å². The van der Waals surface area contributed by atoms with Crippen molar-refractivity contribution in [3.8, 4) is 0 Å². The molecule has 14 nitrogen and oxygen atoms in total. The van der Waals surface area contributed by atoms with E-state index in [0.29, 0.717) is 13.0 Å². The molecule has 5 rings (SSSR count). The number of nitrogens with zero attached hydrogens (tertiary/aromatic N) is 1. The molecule has 2 aromatic carbocycles. The molecule has 2 aliphatic heterocycles. The highest BCUT2D eigenvalue weighted by Gasteiger charge is 2.52. The number of carbonyl (C=O) groups is 2. The van der Waals surface area contributed by atoms with E-state index in [1.165, 1.54) is 13.2 Å². The second kappa shape index (κ2) is 14.9. The number of primary amides is 1. The molecule has 47 heavy (non-hydrogen) atoms. The van der Waals surface area contributed by atoms with Gasteiger partial charge in [-0.15, -0.1) is 0 Å². The van der Waals surface area contributed by atoms with Crippen molar-refractivity contribution in [3.63, 3.8) is 0 Å². The smallest absolute Gasteiger partial charge is 0.330 e. The van der Waals surface area contributed by atoms with Gasteiger partial charge < -0.3 is 40.2 Å². The molecular weight excluding hydrogens is 612 g/mol. The molecule has 1 saturated heterocycles. The second-order valence-corrected chi connectivity index (χ2v) is 11.4.